The summed E-state index contributed by atoms with van der Waals surface area (Å²) < 4.78 is 13.0. The van der Waals surface area contributed by atoms with Crippen molar-refractivity contribution in [2.45, 2.75) is 51.1 Å². The molecular weight excluding hydrogens is 325 g/mol. The largest absolute Gasteiger partial charge is 0.349 e. The Morgan fingerprint density at radius 3 is 2.17 bits per heavy atom. The van der Waals surface area contributed by atoms with Gasteiger partial charge in [-0.3, -0.25) is 4.79 Å². The molecule has 0 spiro atoms. The standard InChI is InChI=1S/C18H22FN3OS/c1-10-11(2)21-18(22-12(10)3)24-14(5)17(23)20-13(4)15-6-8-16(19)9-7-15/h6-9,13-14H,1-5H3,(H,20,23)/t13-,14+/m0/s1. The zero-order valence-electron chi connectivity index (χ0n) is 14.6. The van der Waals surface area contributed by atoms with Crippen molar-refractivity contribution in [2.75, 3.05) is 0 Å². The lowest BCUT2D eigenvalue weighted by Gasteiger charge is -2.17. The van der Waals surface area contributed by atoms with Crippen molar-refractivity contribution in [3.05, 3.63) is 52.6 Å². The Hall–Kier alpha value is -1.95. The van der Waals surface area contributed by atoms with Crippen molar-refractivity contribution in [1.82, 2.24) is 15.3 Å². The predicted octanol–water partition coefficient (Wildman–Crippen LogP) is 3.90. The highest BCUT2D eigenvalue weighted by Crippen LogP contribution is 2.23. The van der Waals surface area contributed by atoms with Gasteiger partial charge in [0.2, 0.25) is 5.91 Å². The summed E-state index contributed by atoms with van der Waals surface area (Å²) in [5, 5.41) is 3.22. The Balaban J connectivity index is 2.00. The van der Waals surface area contributed by atoms with E-state index in [-0.39, 0.29) is 23.0 Å². The molecule has 4 nitrogen and oxygen atoms in total. The molecule has 0 radical (unpaired) electrons. The summed E-state index contributed by atoms with van der Waals surface area (Å²) >= 11 is 1.33. The van der Waals surface area contributed by atoms with Crippen molar-refractivity contribution in [1.29, 1.82) is 0 Å². The Bertz CT molecular complexity index is 711. The molecule has 0 fully saturated rings. The average molecular weight is 347 g/mol. The van der Waals surface area contributed by atoms with Crippen LogP contribution in [0, 0.1) is 26.6 Å². The van der Waals surface area contributed by atoms with Crippen LogP contribution in [0.2, 0.25) is 0 Å². The van der Waals surface area contributed by atoms with Gasteiger partial charge in [0.05, 0.1) is 11.3 Å². The molecule has 0 saturated carbocycles. The molecule has 0 saturated heterocycles. The molecule has 2 atom stereocenters. The number of rotatable bonds is 5. The van der Waals surface area contributed by atoms with E-state index in [0.717, 1.165) is 22.5 Å². The maximum atomic E-state index is 13.0. The zero-order chi connectivity index (χ0) is 17.9. The van der Waals surface area contributed by atoms with Gasteiger partial charge in [0.25, 0.3) is 0 Å². The van der Waals surface area contributed by atoms with Gasteiger partial charge in [0.1, 0.15) is 5.82 Å². The molecule has 0 aliphatic rings. The second-order valence-electron chi connectivity index (χ2n) is 5.84. The smallest absolute Gasteiger partial charge is 0.233 e. The van der Waals surface area contributed by atoms with E-state index in [4.69, 9.17) is 0 Å². The Morgan fingerprint density at radius 1 is 1.08 bits per heavy atom. The van der Waals surface area contributed by atoms with Crippen LogP contribution in [0.5, 0.6) is 0 Å². The number of carbonyl (C=O) groups is 1. The third-order valence-corrected chi connectivity index (χ3v) is 4.95. The van der Waals surface area contributed by atoms with Crippen molar-refractivity contribution in [3.63, 3.8) is 0 Å². The van der Waals surface area contributed by atoms with Crippen molar-refractivity contribution in [2.24, 2.45) is 0 Å². The molecule has 2 rings (SSSR count). The lowest BCUT2D eigenvalue weighted by Crippen LogP contribution is -2.33. The van der Waals surface area contributed by atoms with Gasteiger partial charge in [0, 0.05) is 11.4 Å². The fourth-order valence-corrected chi connectivity index (χ4v) is 3.04. The molecule has 2 aromatic rings. The molecule has 1 aromatic carbocycles. The Morgan fingerprint density at radius 2 is 1.62 bits per heavy atom. The topological polar surface area (TPSA) is 54.9 Å². The van der Waals surface area contributed by atoms with Crippen LogP contribution in [-0.4, -0.2) is 21.1 Å². The first-order valence-corrected chi connectivity index (χ1v) is 8.70. The molecule has 1 aromatic heterocycles. The number of nitrogens with one attached hydrogen (secondary N) is 1. The van der Waals surface area contributed by atoms with Crippen molar-refractivity contribution < 1.29 is 9.18 Å². The van der Waals surface area contributed by atoms with Crippen LogP contribution in [0.3, 0.4) is 0 Å². The number of halogens is 1. The van der Waals surface area contributed by atoms with Gasteiger partial charge in [-0.05, 0) is 57.9 Å². The number of aromatic nitrogens is 2. The fourth-order valence-electron chi connectivity index (χ4n) is 2.17. The highest BCUT2D eigenvalue weighted by Gasteiger charge is 2.19. The second kappa shape index (κ2) is 7.75. The molecule has 6 heteroatoms. The summed E-state index contributed by atoms with van der Waals surface area (Å²) in [5.41, 5.74) is 3.79. The van der Waals surface area contributed by atoms with Crippen LogP contribution in [0.25, 0.3) is 0 Å². The normalized spacial score (nSPS) is 13.4. The van der Waals surface area contributed by atoms with Crippen molar-refractivity contribution >= 4 is 17.7 Å². The highest BCUT2D eigenvalue weighted by molar-refractivity contribution is 8.00. The lowest BCUT2D eigenvalue weighted by molar-refractivity contribution is -0.120. The molecule has 24 heavy (non-hydrogen) atoms. The summed E-state index contributed by atoms with van der Waals surface area (Å²) in [7, 11) is 0. The molecule has 0 aliphatic heterocycles. The summed E-state index contributed by atoms with van der Waals surface area (Å²) in [6.45, 7) is 9.56. The number of aryl methyl sites for hydroxylation is 2. The number of benzene rings is 1. The van der Waals surface area contributed by atoms with E-state index in [1.807, 2.05) is 34.6 Å². The van der Waals surface area contributed by atoms with Crippen molar-refractivity contribution in [3.8, 4) is 0 Å². The van der Waals surface area contributed by atoms with Gasteiger partial charge in [-0.25, -0.2) is 14.4 Å². The quantitative estimate of drug-likeness (QED) is 0.658. The van der Waals surface area contributed by atoms with Crippen LogP contribution >= 0.6 is 11.8 Å². The van der Waals surface area contributed by atoms with Gasteiger partial charge in [-0.1, -0.05) is 23.9 Å². The van der Waals surface area contributed by atoms with Gasteiger partial charge >= 0.3 is 0 Å². The van der Waals surface area contributed by atoms with E-state index in [0.29, 0.717) is 5.16 Å². The maximum absolute atomic E-state index is 13.0. The second-order valence-corrected chi connectivity index (χ2v) is 7.15. The van der Waals surface area contributed by atoms with E-state index >= 15 is 0 Å². The third-order valence-electron chi connectivity index (χ3n) is 3.99. The Labute approximate surface area is 146 Å². The van der Waals surface area contributed by atoms with E-state index in [9.17, 15) is 9.18 Å². The lowest BCUT2D eigenvalue weighted by atomic mass is 10.1. The van der Waals surface area contributed by atoms with Gasteiger partial charge in [0.15, 0.2) is 5.16 Å². The number of nitrogens with zero attached hydrogens (tertiary/aromatic N) is 2. The minimum Gasteiger partial charge on any atom is -0.349 e. The number of hydrogen-bond acceptors (Lipinski definition) is 4. The minimum atomic E-state index is -0.325. The maximum Gasteiger partial charge on any atom is 0.233 e. The van der Waals surface area contributed by atoms with Crippen LogP contribution in [0.15, 0.2) is 29.4 Å². The van der Waals surface area contributed by atoms with E-state index < -0.39 is 0 Å². The van der Waals surface area contributed by atoms with E-state index in [1.54, 1.807) is 12.1 Å². The summed E-state index contributed by atoms with van der Waals surface area (Å²) in [6.07, 6.45) is 0. The monoisotopic (exact) mass is 347 g/mol. The third kappa shape index (κ3) is 4.54. The van der Waals surface area contributed by atoms with Gasteiger partial charge in [-0.15, -0.1) is 0 Å². The average Bonchev–Trinajstić information content (AvgIpc) is 2.52. The number of carbonyl (C=O) groups excluding carboxylic acids is 1. The first kappa shape index (κ1) is 18.4. The van der Waals surface area contributed by atoms with Crippen LogP contribution in [0.1, 0.15) is 42.4 Å². The summed E-state index contributed by atoms with van der Waals surface area (Å²) in [4.78, 5) is 21.2. The molecule has 0 bridgehead atoms. The van der Waals surface area contributed by atoms with E-state index in [2.05, 4.69) is 15.3 Å². The Kier molecular flexibility index (Phi) is 5.94. The van der Waals surface area contributed by atoms with Crippen LogP contribution < -0.4 is 5.32 Å². The predicted molar refractivity (Wildman–Crippen MR) is 94.5 cm³/mol. The fraction of sp³-hybridized carbons (Fsp3) is 0.389. The number of amides is 1. The van der Waals surface area contributed by atoms with Gasteiger partial charge in [-0.2, -0.15) is 0 Å². The molecule has 128 valence electrons. The van der Waals surface area contributed by atoms with E-state index in [1.165, 1.54) is 23.9 Å². The first-order valence-electron chi connectivity index (χ1n) is 7.82. The SMILES string of the molecule is Cc1nc(S[C@H](C)C(=O)N[C@@H](C)c2ccc(F)cc2)nc(C)c1C. The summed E-state index contributed by atoms with van der Waals surface area (Å²) in [6, 6.07) is 5.94. The molecule has 1 heterocycles. The van der Waals surface area contributed by atoms with Crippen LogP contribution in [-0.2, 0) is 4.79 Å². The minimum absolute atomic E-state index is 0.101. The van der Waals surface area contributed by atoms with Gasteiger partial charge < -0.3 is 5.32 Å². The zero-order valence-corrected chi connectivity index (χ0v) is 15.4. The van der Waals surface area contributed by atoms with Crippen LogP contribution in [0.4, 0.5) is 4.39 Å². The highest BCUT2D eigenvalue weighted by atomic mass is 32.2. The molecule has 1 amide bonds. The molecule has 0 unspecified atom stereocenters. The first-order chi connectivity index (χ1) is 11.3. The number of hydrogen-bond donors (Lipinski definition) is 1. The molecular formula is C18H22FN3OS. The molecule has 1 N–H and O–H groups in total. The summed E-state index contributed by atoms with van der Waals surface area (Å²) in [5.74, 6) is -0.389. The number of thioether (sulfide) groups is 1. The molecule has 0 aliphatic carbocycles.